The van der Waals surface area contributed by atoms with Gasteiger partial charge in [-0.05, 0) is 38.0 Å². The number of aromatic nitrogens is 3. The Hall–Kier alpha value is -2.47. The van der Waals surface area contributed by atoms with Gasteiger partial charge in [0.15, 0.2) is 17.3 Å². The maximum Gasteiger partial charge on any atom is 0.359 e. The smallest absolute Gasteiger partial charge is 0.359 e. The molecule has 0 aromatic carbocycles. The van der Waals surface area contributed by atoms with Gasteiger partial charge in [-0.3, -0.25) is 4.90 Å². The monoisotopic (exact) mass is 526 g/mol. The van der Waals surface area contributed by atoms with Crippen molar-refractivity contribution in [3.05, 3.63) is 62.4 Å². The van der Waals surface area contributed by atoms with E-state index in [0.29, 0.717) is 47.3 Å². The summed E-state index contributed by atoms with van der Waals surface area (Å²) in [6, 6.07) is 4.07. The van der Waals surface area contributed by atoms with Crippen LogP contribution in [0.15, 0.2) is 30.6 Å². The predicted molar refractivity (Wildman–Crippen MR) is 123 cm³/mol. The molecule has 3 aromatic heterocycles. The number of halogens is 4. The third-order valence-corrected chi connectivity index (χ3v) is 7.76. The zero-order chi connectivity index (χ0) is 24.8. The van der Waals surface area contributed by atoms with E-state index in [1.165, 1.54) is 29.1 Å². The van der Waals surface area contributed by atoms with E-state index in [1.54, 1.807) is 13.1 Å². The number of carbonyl (C=O) groups excluding carboxylic acids is 1. The van der Waals surface area contributed by atoms with Crippen molar-refractivity contribution in [3.63, 3.8) is 0 Å². The highest BCUT2D eigenvalue weighted by Crippen LogP contribution is 2.52. The molecule has 0 atom stereocenters. The lowest BCUT2D eigenvalue weighted by Crippen LogP contribution is -2.48. The van der Waals surface area contributed by atoms with Crippen molar-refractivity contribution in [2.45, 2.75) is 37.8 Å². The number of ether oxygens (including phenoxy) is 2. The van der Waals surface area contributed by atoms with Gasteiger partial charge in [-0.1, -0.05) is 11.6 Å². The second kappa shape index (κ2) is 9.20. The van der Waals surface area contributed by atoms with E-state index in [1.807, 2.05) is 0 Å². The number of hydrogen-bond donors (Lipinski definition) is 0. The summed E-state index contributed by atoms with van der Waals surface area (Å²) in [6.45, 7) is 2.59. The van der Waals surface area contributed by atoms with Gasteiger partial charge in [0.1, 0.15) is 12.2 Å². The highest BCUT2D eigenvalue weighted by molar-refractivity contribution is 7.16. The van der Waals surface area contributed by atoms with Crippen LogP contribution >= 0.6 is 22.9 Å². The molecule has 0 radical (unpaired) electrons. The van der Waals surface area contributed by atoms with E-state index in [2.05, 4.69) is 15.0 Å². The Morgan fingerprint density at radius 1 is 1.34 bits per heavy atom. The van der Waals surface area contributed by atoms with Crippen LogP contribution in [0, 0.1) is 5.82 Å². The van der Waals surface area contributed by atoms with Gasteiger partial charge in [0.05, 0.1) is 10.9 Å². The van der Waals surface area contributed by atoms with Crippen LogP contribution in [-0.4, -0.2) is 51.9 Å². The van der Waals surface area contributed by atoms with E-state index >= 15 is 0 Å². The standard InChI is InChI=1S/C23H22ClF3N4O3S/c1-2-33-21(32)18-14(12-31(29-18)20-16(25)4-3-7-28-20)11-30-8-5-22(6-9-30)19-15(10-17(24)35-19)23(26,27)13-34-22/h3-4,7,10,12H,2,5-6,8-9,11,13H2,1H3. The first kappa shape index (κ1) is 24.2. The Morgan fingerprint density at radius 2 is 2.11 bits per heavy atom. The molecular formula is C23H22ClF3N4O3S. The number of rotatable bonds is 5. The number of piperidine rings is 1. The SMILES string of the molecule is CCOC(=O)c1nn(-c2ncccc2F)cc1CN1CCC2(CC1)OCC(F)(F)c1cc(Cl)sc12. The normalized spacial score (nSPS) is 19.0. The van der Waals surface area contributed by atoms with E-state index in [-0.39, 0.29) is 23.7 Å². The first-order chi connectivity index (χ1) is 16.7. The highest BCUT2D eigenvalue weighted by atomic mass is 35.5. The van der Waals surface area contributed by atoms with Gasteiger partial charge in [0.25, 0.3) is 5.92 Å². The average molecular weight is 527 g/mol. The molecule has 5 heterocycles. The maximum absolute atomic E-state index is 14.4. The van der Waals surface area contributed by atoms with Crippen LogP contribution in [0.2, 0.25) is 4.34 Å². The summed E-state index contributed by atoms with van der Waals surface area (Å²) in [5.41, 5.74) is -0.217. The fourth-order valence-corrected chi connectivity index (χ4v) is 6.06. The molecule has 5 rings (SSSR count). The molecule has 7 nitrogen and oxygen atoms in total. The van der Waals surface area contributed by atoms with Crippen molar-refractivity contribution in [3.8, 4) is 5.82 Å². The van der Waals surface area contributed by atoms with Crippen molar-refractivity contribution in [2.24, 2.45) is 0 Å². The Balaban J connectivity index is 1.37. The van der Waals surface area contributed by atoms with Gasteiger partial charge < -0.3 is 9.47 Å². The first-order valence-corrected chi connectivity index (χ1v) is 12.3. The molecule has 0 bridgehead atoms. The lowest BCUT2D eigenvalue weighted by molar-refractivity contribution is -0.182. The lowest BCUT2D eigenvalue weighted by Gasteiger charge is -2.45. The van der Waals surface area contributed by atoms with Gasteiger partial charge in [-0.25, -0.2) is 18.9 Å². The van der Waals surface area contributed by atoms with Crippen LogP contribution in [0.1, 0.15) is 46.3 Å². The summed E-state index contributed by atoms with van der Waals surface area (Å²) in [7, 11) is 0. The third-order valence-electron chi connectivity index (χ3n) is 6.31. The topological polar surface area (TPSA) is 69.5 Å². The molecule has 0 amide bonds. The van der Waals surface area contributed by atoms with Gasteiger partial charge in [-0.15, -0.1) is 11.3 Å². The quantitative estimate of drug-likeness (QED) is 0.440. The zero-order valence-electron chi connectivity index (χ0n) is 18.8. The van der Waals surface area contributed by atoms with E-state index in [9.17, 15) is 18.0 Å². The number of pyridine rings is 1. The molecule has 0 unspecified atom stereocenters. The molecule has 0 N–H and O–H groups in total. The Labute approximate surface area is 208 Å². The number of fused-ring (bicyclic) bond motifs is 2. The highest BCUT2D eigenvalue weighted by Gasteiger charge is 2.51. The second-order valence-electron chi connectivity index (χ2n) is 8.53. The van der Waals surface area contributed by atoms with Crippen molar-refractivity contribution >= 4 is 28.9 Å². The van der Waals surface area contributed by atoms with Crippen LogP contribution in [0.5, 0.6) is 0 Å². The van der Waals surface area contributed by atoms with Gasteiger partial charge in [0.2, 0.25) is 0 Å². The number of esters is 1. The van der Waals surface area contributed by atoms with E-state index < -0.39 is 29.9 Å². The average Bonchev–Trinajstić information content (AvgIpc) is 3.44. The molecule has 12 heteroatoms. The number of alkyl halides is 2. The van der Waals surface area contributed by atoms with Crippen molar-refractivity contribution < 1.29 is 27.4 Å². The molecule has 0 saturated carbocycles. The largest absolute Gasteiger partial charge is 0.461 e. The van der Waals surface area contributed by atoms with Crippen molar-refractivity contribution in [1.29, 1.82) is 0 Å². The number of nitrogens with zero attached hydrogens (tertiary/aromatic N) is 4. The Bertz CT molecular complexity index is 1260. The molecule has 186 valence electrons. The molecule has 1 spiro atoms. The molecule has 35 heavy (non-hydrogen) atoms. The molecule has 1 fully saturated rings. The molecule has 2 aliphatic rings. The van der Waals surface area contributed by atoms with Crippen molar-refractivity contribution in [2.75, 3.05) is 26.3 Å². The zero-order valence-corrected chi connectivity index (χ0v) is 20.3. The second-order valence-corrected chi connectivity index (χ2v) is 10.2. The molecule has 3 aromatic rings. The number of hydrogen-bond acceptors (Lipinski definition) is 7. The number of thiophene rings is 1. The van der Waals surface area contributed by atoms with Crippen LogP contribution in [-0.2, 0) is 27.5 Å². The minimum atomic E-state index is -3.06. The van der Waals surface area contributed by atoms with E-state index in [4.69, 9.17) is 21.1 Å². The molecular weight excluding hydrogens is 505 g/mol. The van der Waals surface area contributed by atoms with Gasteiger partial charge in [0, 0.05) is 48.0 Å². The summed E-state index contributed by atoms with van der Waals surface area (Å²) in [6.07, 6.45) is 3.98. The Kier molecular flexibility index (Phi) is 6.37. The summed E-state index contributed by atoms with van der Waals surface area (Å²) in [5.74, 6) is -4.28. The molecule has 1 saturated heterocycles. The fraction of sp³-hybridized carbons (Fsp3) is 0.435. The van der Waals surface area contributed by atoms with Crippen LogP contribution < -0.4 is 0 Å². The van der Waals surface area contributed by atoms with Crippen LogP contribution in [0.4, 0.5) is 13.2 Å². The summed E-state index contributed by atoms with van der Waals surface area (Å²) >= 11 is 7.23. The Morgan fingerprint density at radius 3 is 2.83 bits per heavy atom. The maximum atomic E-state index is 14.4. The lowest BCUT2D eigenvalue weighted by atomic mass is 9.84. The molecule has 0 aliphatic carbocycles. The van der Waals surface area contributed by atoms with Gasteiger partial charge >= 0.3 is 5.97 Å². The predicted octanol–water partition coefficient (Wildman–Crippen LogP) is 4.91. The number of carbonyl (C=O) groups is 1. The first-order valence-electron chi connectivity index (χ1n) is 11.1. The minimum Gasteiger partial charge on any atom is -0.461 e. The fourth-order valence-electron chi connectivity index (χ4n) is 4.58. The third kappa shape index (κ3) is 4.46. The summed E-state index contributed by atoms with van der Waals surface area (Å²) in [4.78, 5) is 19.1. The minimum absolute atomic E-state index is 0.0273. The van der Waals surface area contributed by atoms with Crippen molar-refractivity contribution in [1.82, 2.24) is 19.7 Å². The van der Waals surface area contributed by atoms with Crippen LogP contribution in [0.25, 0.3) is 5.82 Å². The van der Waals surface area contributed by atoms with E-state index in [0.717, 1.165) is 11.3 Å². The van der Waals surface area contributed by atoms with Crippen LogP contribution in [0.3, 0.4) is 0 Å². The number of likely N-dealkylation sites (tertiary alicyclic amines) is 1. The van der Waals surface area contributed by atoms with Gasteiger partial charge in [-0.2, -0.15) is 13.9 Å². The summed E-state index contributed by atoms with van der Waals surface area (Å²) in [5, 5.41) is 4.25. The molecule has 2 aliphatic heterocycles. The summed E-state index contributed by atoms with van der Waals surface area (Å²) < 4.78 is 55.5.